The van der Waals surface area contributed by atoms with Crippen LogP contribution in [0, 0.1) is 5.92 Å². The summed E-state index contributed by atoms with van der Waals surface area (Å²) in [5, 5.41) is 3.24. The molecule has 1 heterocycles. The summed E-state index contributed by atoms with van der Waals surface area (Å²) < 4.78 is 26.5. The number of benzene rings is 1. The van der Waals surface area contributed by atoms with Gasteiger partial charge in [0.05, 0.1) is 4.90 Å². The smallest absolute Gasteiger partial charge is 0.242 e. The van der Waals surface area contributed by atoms with Gasteiger partial charge in [0.1, 0.15) is 0 Å². The molecule has 0 radical (unpaired) electrons. The van der Waals surface area contributed by atoms with E-state index < -0.39 is 10.0 Å². The molecule has 0 atom stereocenters. The third-order valence-corrected chi connectivity index (χ3v) is 6.08. The summed E-state index contributed by atoms with van der Waals surface area (Å²) in [5.41, 5.74) is 2.32. The first-order chi connectivity index (χ1) is 9.07. The van der Waals surface area contributed by atoms with Crippen LogP contribution in [0.3, 0.4) is 0 Å². The lowest BCUT2D eigenvalue weighted by Crippen LogP contribution is -2.34. The SMILES string of the molecule is CN(CC1CCC1)S(=O)(=O)c1ccc2c(c1)CNC2. The molecule has 0 saturated heterocycles. The summed E-state index contributed by atoms with van der Waals surface area (Å²) >= 11 is 0. The molecule has 19 heavy (non-hydrogen) atoms. The minimum Gasteiger partial charge on any atom is -0.309 e. The molecule has 1 saturated carbocycles. The van der Waals surface area contributed by atoms with Crippen molar-refractivity contribution < 1.29 is 8.42 Å². The Balaban J connectivity index is 1.82. The molecule has 0 aromatic heterocycles. The molecule has 1 aliphatic heterocycles. The third-order valence-electron chi connectivity index (χ3n) is 4.26. The maximum atomic E-state index is 12.5. The molecular formula is C14H20N2O2S. The molecule has 1 aromatic carbocycles. The first-order valence-corrected chi connectivity index (χ1v) is 8.30. The van der Waals surface area contributed by atoms with Crippen LogP contribution in [-0.2, 0) is 23.1 Å². The van der Waals surface area contributed by atoms with E-state index in [2.05, 4.69) is 5.32 Å². The van der Waals surface area contributed by atoms with Gasteiger partial charge in [-0.25, -0.2) is 12.7 Å². The van der Waals surface area contributed by atoms with Crippen LogP contribution in [0.15, 0.2) is 23.1 Å². The van der Waals surface area contributed by atoms with E-state index in [1.165, 1.54) is 16.3 Å². The molecule has 1 N–H and O–H groups in total. The van der Waals surface area contributed by atoms with Crippen molar-refractivity contribution in [1.29, 1.82) is 0 Å². The highest BCUT2D eigenvalue weighted by Gasteiger charge is 2.27. The van der Waals surface area contributed by atoms with E-state index in [9.17, 15) is 8.42 Å². The van der Waals surface area contributed by atoms with E-state index in [1.807, 2.05) is 12.1 Å². The second-order valence-electron chi connectivity index (χ2n) is 5.62. The predicted molar refractivity (Wildman–Crippen MR) is 74.1 cm³/mol. The van der Waals surface area contributed by atoms with Crippen molar-refractivity contribution >= 4 is 10.0 Å². The van der Waals surface area contributed by atoms with Crippen LogP contribution in [0.2, 0.25) is 0 Å². The number of fused-ring (bicyclic) bond motifs is 1. The Morgan fingerprint density at radius 3 is 2.68 bits per heavy atom. The predicted octanol–water partition coefficient (Wildman–Crippen LogP) is 1.71. The highest BCUT2D eigenvalue weighted by Crippen LogP contribution is 2.29. The summed E-state index contributed by atoms with van der Waals surface area (Å²) in [6.07, 6.45) is 3.56. The molecular weight excluding hydrogens is 260 g/mol. The molecule has 4 nitrogen and oxygen atoms in total. The average molecular weight is 280 g/mol. The van der Waals surface area contributed by atoms with Crippen molar-refractivity contribution in [2.24, 2.45) is 5.92 Å². The molecule has 1 fully saturated rings. The van der Waals surface area contributed by atoms with Gasteiger partial charge in [0.25, 0.3) is 0 Å². The first-order valence-electron chi connectivity index (χ1n) is 6.86. The van der Waals surface area contributed by atoms with Crippen LogP contribution >= 0.6 is 0 Å². The second kappa shape index (κ2) is 4.89. The maximum absolute atomic E-state index is 12.5. The molecule has 5 heteroatoms. The standard InChI is InChI=1S/C14H20N2O2S/c1-16(10-11-3-2-4-11)19(17,18)14-6-5-12-8-15-9-13(12)7-14/h5-7,11,15H,2-4,8-10H2,1H3. The topological polar surface area (TPSA) is 49.4 Å². The van der Waals surface area contributed by atoms with Crippen molar-refractivity contribution in [2.75, 3.05) is 13.6 Å². The van der Waals surface area contributed by atoms with E-state index in [0.717, 1.165) is 31.5 Å². The van der Waals surface area contributed by atoms with Crippen LogP contribution in [0.5, 0.6) is 0 Å². The molecule has 1 aromatic rings. The lowest BCUT2D eigenvalue weighted by molar-refractivity contribution is 0.263. The second-order valence-corrected chi connectivity index (χ2v) is 7.66. The van der Waals surface area contributed by atoms with E-state index in [4.69, 9.17) is 0 Å². The maximum Gasteiger partial charge on any atom is 0.242 e. The molecule has 0 bridgehead atoms. The Bertz CT molecular complexity index is 579. The van der Waals surface area contributed by atoms with Crippen LogP contribution in [0.4, 0.5) is 0 Å². The quantitative estimate of drug-likeness (QED) is 0.913. The zero-order valence-corrected chi connectivity index (χ0v) is 12.0. The number of nitrogens with one attached hydrogen (secondary N) is 1. The number of sulfonamides is 1. The fourth-order valence-electron chi connectivity index (χ4n) is 2.75. The Hall–Kier alpha value is -0.910. The van der Waals surface area contributed by atoms with Crippen LogP contribution in [0.1, 0.15) is 30.4 Å². The van der Waals surface area contributed by atoms with Crippen molar-refractivity contribution in [1.82, 2.24) is 9.62 Å². The number of rotatable bonds is 4. The summed E-state index contributed by atoms with van der Waals surface area (Å²) in [6.45, 7) is 2.26. The Kier molecular flexibility index (Phi) is 3.37. The van der Waals surface area contributed by atoms with Crippen molar-refractivity contribution in [3.8, 4) is 0 Å². The molecule has 1 aliphatic carbocycles. The van der Waals surface area contributed by atoms with Gasteiger partial charge in [-0.05, 0) is 42.0 Å². The molecule has 0 amide bonds. The summed E-state index contributed by atoms with van der Waals surface area (Å²) in [7, 11) is -1.63. The fraction of sp³-hybridized carbons (Fsp3) is 0.571. The van der Waals surface area contributed by atoms with Gasteiger partial charge in [0.15, 0.2) is 0 Å². The van der Waals surface area contributed by atoms with E-state index in [1.54, 1.807) is 13.1 Å². The summed E-state index contributed by atoms with van der Waals surface area (Å²) in [4.78, 5) is 0.428. The molecule has 2 aliphatic rings. The molecule has 0 unspecified atom stereocenters. The molecule has 0 spiro atoms. The monoisotopic (exact) mass is 280 g/mol. The molecule has 104 valence electrons. The Morgan fingerprint density at radius 1 is 1.26 bits per heavy atom. The Labute approximate surface area is 114 Å². The van der Waals surface area contributed by atoms with Gasteiger partial charge in [0, 0.05) is 26.7 Å². The molecule has 3 rings (SSSR count). The summed E-state index contributed by atoms with van der Waals surface area (Å²) in [6, 6.07) is 5.49. The third kappa shape index (κ3) is 2.42. The lowest BCUT2D eigenvalue weighted by atomic mass is 9.86. The minimum absolute atomic E-state index is 0.428. The van der Waals surface area contributed by atoms with Gasteiger partial charge < -0.3 is 5.32 Å². The van der Waals surface area contributed by atoms with Crippen molar-refractivity contribution in [2.45, 2.75) is 37.2 Å². The lowest BCUT2D eigenvalue weighted by Gasteiger charge is -2.29. The Morgan fingerprint density at radius 2 is 2.00 bits per heavy atom. The van der Waals surface area contributed by atoms with Gasteiger partial charge in [0.2, 0.25) is 10.0 Å². The zero-order valence-electron chi connectivity index (χ0n) is 11.2. The largest absolute Gasteiger partial charge is 0.309 e. The van der Waals surface area contributed by atoms with E-state index in [-0.39, 0.29) is 0 Å². The average Bonchev–Trinajstić information content (AvgIpc) is 2.80. The van der Waals surface area contributed by atoms with Crippen LogP contribution < -0.4 is 5.32 Å². The van der Waals surface area contributed by atoms with Crippen molar-refractivity contribution in [3.63, 3.8) is 0 Å². The van der Waals surface area contributed by atoms with Crippen LogP contribution in [0.25, 0.3) is 0 Å². The summed E-state index contributed by atoms with van der Waals surface area (Å²) in [5.74, 6) is 0.552. The van der Waals surface area contributed by atoms with Crippen molar-refractivity contribution in [3.05, 3.63) is 29.3 Å². The highest BCUT2D eigenvalue weighted by atomic mass is 32.2. The zero-order chi connectivity index (χ0) is 13.5. The fourth-order valence-corrected chi connectivity index (χ4v) is 4.05. The van der Waals surface area contributed by atoms with Gasteiger partial charge >= 0.3 is 0 Å². The first kappa shape index (κ1) is 13.1. The van der Waals surface area contributed by atoms with E-state index in [0.29, 0.717) is 17.4 Å². The van der Waals surface area contributed by atoms with Gasteiger partial charge in [-0.2, -0.15) is 0 Å². The normalized spacial score (nSPS) is 19.5. The highest BCUT2D eigenvalue weighted by molar-refractivity contribution is 7.89. The number of hydrogen-bond donors (Lipinski definition) is 1. The number of hydrogen-bond acceptors (Lipinski definition) is 3. The minimum atomic E-state index is -3.33. The van der Waals surface area contributed by atoms with E-state index >= 15 is 0 Å². The van der Waals surface area contributed by atoms with Gasteiger partial charge in [-0.15, -0.1) is 0 Å². The van der Waals surface area contributed by atoms with Crippen LogP contribution in [-0.4, -0.2) is 26.3 Å². The van der Waals surface area contributed by atoms with Gasteiger partial charge in [-0.3, -0.25) is 0 Å². The number of nitrogens with zero attached hydrogens (tertiary/aromatic N) is 1. The van der Waals surface area contributed by atoms with Gasteiger partial charge in [-0.1, -0.05) is 12.5 Å².